The molecule has 0 radical (unpaired) electrons. The predicted octanol–water partition coefficient (Wildman–Crippen LogP) is 1.83. The summed E-state index contributed by atoms with van der Waals surface area (Å²) in [4.78, 5) is 24.5. The van der Waals surface area contributed by atoms with Crippen LogP contribution >= 0.6 is 24.0 Å². The molecule has 0 aliphatic heterocycles. The highest BCUT2D eigenvalue weighted by Crippen LogP contribution is 2.19. The standard InChI is InChI=1S/C12H16N2O2S2/c15-11(14-8-3-4-8)2-1-5-13-12(16)10-6-9(17)7-18-10/h6-8,17H,1-5H2,(H,13,16)(H,14,15). The van der Waals surface area contributed by atoms with E-state index in [0.717, 1.165) is 17.7 Å². The van der Waals surface area contributed by atoms with Crippen LogP contribution in [0.15, 0.2) is 16.3 Å². The van der Waals surface area contributed by atoms with Crippen LogP contribution in [0.1, 0.15) is 35.4 Å². The summed E-state index contributed by atoms with van der Waals surface area (Å²) in [5, 5.41) is 7.53. The molecule has 6 heteroatoms. The first kappa shape index (κ1) is 13.4. The largest absolute Gasteiger partial charge is 0.353 e. The van der Waals surface area contributed by atoms with Crippen LogP contribution in [0.2, 0.25) is 0 Å². The van der Waals surface area contributed by atoms with Crippen LogP contribution in [-0.2, 0) is 4.79 Å². The van der Waals surface area contributed by atoms with Crippen molar-refractivity contribution in [3.63, 3.8) is 0 Å². The Morgan fingerprint density at radius 1 is 1.44 bits per heavy atom. The molecule has 18 heavy (non-hydrogen) atoms. The molecular weight excluding hydrogens is 268 g/mol. The average Bonchev–Trinajstić information content (AvgIpc) is 3.03. The lowest BCUT2D eigenvalue weighted by molar-refractivity contribution is -0.121. The minimum absolute atomic E-state index is 0.0838. The van der Waals surface area contributed by atoms with E-state index >= 15 is 0 Å². The third-order valence-corrected chi connectivity index (χ3v) is 3.98. The number of thiophene rings is 1. The van der Waals surface area contributed by atoms with Gasteiger partial charge in [0.2, 0.25) is 5.91 Å². The van der Waals surface area contributed by atoms with Crippen LogP contribution < -0.4 is 10.6 Å². The van der Waals surface area contributed by atoms with Gasteiger partial charge >= 0.3 is 0 Å². The van der Waals surface area contributed by atoms with Gasteiger partial charge in [-0.2, -0.15) is 0 Å². The quantitative estimate of drug-likeness (QED) is 0.551. The summed E-state index contributed by atoms with van der Waals surface area (Å²) in [6.45, 7) is 0.525. The number of carbonyl (C=O) groups excluding carboxylic acids is 2. The Hall–Kier alpha value is -1.01. The number of thiol groups is 1. The van der Waals surface area contributed by atoms with Crippen molar-refractivity contribution in [2.24, 2.45) is 0 Å². The summed E-state index contributed by atoms with van der Waals surface area (Å²) in [7, 11) is 0. The summed E-state index contributed by atoms with van der Waals surface area (Å²) in [5.74, 6) is -0.0107. The van der Waals surface area contributed by atoms with Crippen molar-refractivity contribution in [2.45, 2.75) is 36.6 Å². The first-order valence-electron chi connectivity index (χ1n) is 6.00. The second-order valence-electron chi connectivity index (χ2n) is 4.37. The normalized spacial score (nSPS) is 14.3. The van der Waals surface area contributed by atoms with Gasteiger partial charge in [0.1, 0.15) is 0 Å². The van der Waals surface area contributed by atoms with Crippen molar-refractivity contribution in [3.05, 3.63) is 16.3 Å². The van der Waals surface area contributed by atoms with E-state index in [0.29, 0.717) is 30.3 Å². The lowest BCUT2D eigenvalue weighted by Crippen LogP contribution is -2.28. The Bertz CT molecular complexity index is 441. The first-order valence-corrected chi connectivity index (χ1v) is 7.33. The summed E-state index contributed by atoms with van der Waals surface area (Å²) in [5.41, 5.74) is 0. The summed E-state index contributed by atoms with van der Waals surface area (Å²) in [6.07, 6.45) is 3.35. The molecule has 98 valence electrons. The van der Waals surface area contributed by atoms with Gasteiger partial charge in [-0.3, -0.25) is 9.59 Å². The van der Waals surface area contributed by atoms with Gasteiger partial charge in [0, 0.05) is 29.3 Å². The highest BCUT2D eigenvalue weighted by atomic mass is 32.1. The molecule has 0 unspecified atom stereocenters. The SMILES string of the molecule is O=C(CCCNC(=O)c1cc(S)cs1)NC1CC1. The van der Waals surface area contributed by atoms with E-state index in [1.54, 1.807) is 6.07 Å². The number of nitrogens with one attached hydrogen (secondary N) is 2. The smallest absolute Gasteiger partial charge is 0.261 e. The summed E-state index contributed by atoms with van der Waals surface area (Å²) >= 11 is 5.52. The lowest BCUT2D eigenvalue weighted by atomic mass is 10.3. The van der Waals surface area contributed by atoms with E-state index in [4.69, 9.17) is 0 Å². The van der Waals surface area contributed by atoms with Crippen LogP contribution in [0.3, 0.4) is 0 Å². The predicted molar refractivity (Wildman–Crippen MR) is 74.3 cm³/mol. The number of amides is 2. The first-order chi connectivity index (χ1) is 8.65. The van der Waals surface area contributed by atoms with E-state index in [-0.39, 0.29) is 11.8 Å². The maximum Gasteiger partial charge on any atom is 0.261 e. The van der Waals surface area contributed by atoms with E-state index in [9.17, 15) is 9.59 Å². The van der Waals surface area contributed by atoms with Crippen LogP contribution in [0.25, 0.3) is 0 Å². The van der Waals surface area contributed by atoms with Gasteiger partial charge in [-0.15, -0.1) is 24.0 Å². The molecule has 1 aromatic rings. The summed E-state index contributed by atoms with van der Waals surface area (Å²) in [6, 6.07) is 2.15. The minimum atomic E-state index is -0.0945. The van der Waals surface area contributed by atoms with Crippen molar-refractivity contribution in [3.8, 4) is 0 Å². The Morgan fingerprint density at radius 2 is 2.22 bits per heavy atom. The van der Waals surface area contributed by atoms with E-state index in [1.807, 2.05) is 5.38 Å². The second-order valence-corrected chi connectivity index (χ2v) is 5.80. The van der Waals surface area contributed by atoms with Gasteiger partial charge < -0.3 is 10.6 Å². The molecule has 1 fully saturated rings. The molecule has 1 aliphatic rings. The molecule has 0 atom stereocenters. The molecule has 4 nitrogen and oxygen atoms in total. The molecule has 0 aromatic carbocycles. The average molecular weight is 284 g/mol. The zero-order valence-corrected chi connectivity index (χ0v) is 11.7. The maximum atomic E-state index is 11.7. The monoisotopic (exact) mass is 284 g/mol. The van der Waals surface area contributed by atoms with Crippen molar-refractivity contribution >= 4 is 35.8 Å². The summed E-state index contributed by atoms with van der Waals surface area (Å²) < 4.78 is 0. The Labute approximate surface area is 116 Å². The van der Waals surface area contributed by atoms with Crippen molar-refractivity contribution < 1.29 is 9.59 Å². The lowest BCUT2D eigenvalue weighted by Gasteiger charge is -2.04. The molecule has 2 N–H and O–H groups in total. The fourth-order valence-corrected chi connectivity index (χ4v) is 2.58. The van der Waals surface area contributed by atoms with Crippen LogP contribution in [0.5, 0.6) is 0 Å². The Morgan fingerprint density at radius 3 is 2.83 bits per heavy atom. The molecule has 2 rings (SSSR count). The van der Waals surface area contributed by atoms with Gasteiger partial charge in [0.05, 0.1) is 4.88 Å². The number of hydrogen-bond donors (Lipinski definition) is 3. The molecule has 1 aliphatic carbocycles. The molecular formula is C12H16N2O2S2. The zero-order valence-electron chi connectivity index (χ0n) is 9.94. The number of rotatable bonds is 6. The fourth-order valence-electron chi connectivity index (χ4n) is 1.51. The van der Waals surface area contributed by atoms with Gasteiger partial charge in [-0.05, 0) is 25.3 Å². The molecule has 1 saturated carbocycles. The third-order valence-electron chi connectivity index (χ3n) is 2.62. The third kappa shape index (κ3) is 4.34. The highest BCUT2D eigenvalue weighted by Gasteiger charge is 2.22. The molecule has 1 aromatic heterocycles. The van der Waals surface area contributed by atoms with Gasteiger partial charge in [-0.1, -0.05) is 0 Å². The molecule has 2 amide bonds. The Balaban J connectivity index is 1.59. The second kappa shape index (κ2) is 6.24. The van der Waals surface area contributed by atoms with Crippen LogP contribution in [-0.4, -0.2) is 24.4 Å². The Kier molecular flexibility index (Phi) is 4.66. The fraction of sp³-hybridized carbons (Fsp3) is 0.500. The van der Waals surface area contributed by atoms with Crippen molar-refractivity contribution in [2.75, 3.05) is 6.54 Å². The highest BCUT2D eigenvalue weighted by molar-refractivity contribution is 7.80. The molecule has 0 bridgehead atoms. The van der Waals surface area contributed by atoms with Crippen LogP contribution in [0, 0.1) is 0 Å². The van der Waals surface area contributed by atoms with E-state index in [1.165, 1.54) is 11.3 Å². The minimum Gasteiger partial charge on any atom is -0.353 e. The molecule has 1 heterocycles. The van der Waals surface area contributed by atoms with Crippen molar-refractivity contribution in [1.29, 1.82) is 0 Å². The van der Waals surface area contributed by atoms with E-state index in [2.05, 4.69) is 23.3 Å². The molecule has 0 saturated heterocycles. The topological polar surface area (TPSA) is 58.2 Å². The number of hydrogen-bond acceptors (Lipinski definition) is 4. The van der Waals surface area contributed by atoms with Crippen molar-refractivity contribution in [1.82, 2.24) is 10.6 Å². The maximum absolute atomic E-state index is 11.7. The number of carbonyl (C=O) groups is 2. The molecule has 0 spiro atoms. The van der Waals surface area contributed by atoms with E-state index < -0.39 is 0 Å². The van der Waals surface area contributed by atoms with Gasteiger partial charge in [-0.25, -0.2) is 0 Å². The van der Waals surface area contributed by atoms with Crippen LogP contribution in [0.4, 0.5) is 0 Å². The van der Waals surface area contributed by atoms with Gasteiger partial charge in [0.15, 0.2) is 0 Å². The van der Waals surface area contributed by atoms with Gasteiger partial charge in [0.25, 0.3) is 5.91 Å². The zero-order chi connectivity index (χ0) is 13.0.